The highest BCUT2D eigenvalue weighted by Crippen LogP contribution is 2.35. The fourth-order valence-corrected chi connectivity index (χ4v) is 3.64. The number of aliphatic hydroxyl groups excluding tert-OH is 2. The maximum Gasteiger partial charge on any atom is 0.0583 e. The Morgan fingerprint density at radius 1 is 1.00 bits per heavy atom. The Morgan fingerprint density at radius 2 is 1.88 bits per heavy atom. The van der Waals surface area contributed by atoms with Crippen LogP contribution in [0.4, 0.5) is 0 Å². The van der Waals surface area contributed by atoms with Gasteiger partial charge >= 0.3 is 0 Å². The topological polar surface area (TPSA) is 43.7 Å². The van der Waals surface area contributed by atoms with Crippen LogP contribution in [0.5, 0.6) is 0 Å². The second-order valence-corrected chi connectivity index (χ2v) is 5.69. The van der Waals surface area contributed by atoms with Gasteiger partial charge in [0.15, 0.2) is 0 Å². The number of aliphatic hydroxyl groups is 2. The molecule has 0 radical (unpaired) electrons. The van der Waals surface area contributed by atoms with Crippen LogP contribution in [0.2, 0.25) is 0 Å². The normalized spacial score (nSPS) is 34.6. The quantitative estimate of drug-likeness (QED) is 0.697. The van der Waals surface area contributed by atoms with Gasteiger partial charge in [-0.1, -0.05) is 6.42 Å². The number of unbranched alkanes of at least 4 members (excludes halogenated alkanes) is 2. The van der Waals surface area contributed by atoms with E-state index in [4.69, 9.17) is 5.11 Å². The molecule has 3 unspecified atom stereocenters. The molecule has 3 heteroatoms. The van der Waals surface area contributed by atoms with Crippen LogP contribution in [0, 0.1) is 5.92 Å². The summed E-state index contributed by atoms with van der Waals surface area (Å²) in [5.74, 6) is 0.537. The van der Waals surface area contributed by atoms with E-state index in [9.17, 15) is 5.11 Å². The maximum absolute atomic E-state index is 10.0. The van der Waals surface area contributed by atoms with Crippen LogP contribution in [0.3, 0.4) is 0 Å². The Hall–Kier alpha value is -0.120. The lowest BCUT2D eigenvalue weighted by Crippen LogP contribution is -2.39. The monoisotopic (exact) mass is 241 g/mol. The van der Waals surface area contributed by atoms with Gasteiger partial charge in [-0.3, -0.25) is 0 Å². The van der Waals surface area contributed by atoms with Gasteiger partial charge in [-0.25, -0.2) is 0 Å². The van der Waals surface area contributed by atoms with Crippen LogP contribution < -0.4 is 0 Å². The van der Waals surface area contributed by atoms with Gasteiger partial charge in [-0.15, -0.1) is 0 Å². The molecule has 1 saturated carbocycles. The third kappa shape index (κ3) is 3.43. The molecule has 0 bridgehead atoms. The van der Waals surface area contributed by atoms with E-state index in [1.165, 1.54) is 38.6 Å². The summed E-state index contributed by atoms with van der Waals surface area (Å²) in [4.78, 5) is 2.59. The average molecular weight is 241 g/mol. The van der Waals surface area contributed by atoms with Crippen molar-refractivity contribution in [3.63, 3.8) is 0 Å². The molecule has 100 valence electrons. The summed E-state index contributed by atoms with van der Waals surface area (Å²) in [7, 11) is 0. The predicted octanol–water partition coefficient (Wildman–Crippen LogP) is 1.77. The second-order valence-electron chi connectivity index (χ2n) is 5.69. The Labute approximate surface area is 105 Å². The summed E-state index contributed by atoms with van der Waals surface area (Å²) in [5, 5.41) is 18.8. The first-order valence-electron chi connectivity index (χ1n) is 7.36. The highest BCUT2D eigenvalue weighted by atomic mass is 16.3. The number of hydrogen-bond donors (Lipinski definition) is 2. The summed E-state index contributed by atoms with van der Waals surface area (Å²) in [5.41, 5.74) is 0. The van der Waals surface area contributed by atoms with Crippen molar-refractivity contribution in [2.45, 2.75) is 63.5 Å². The lowest BCUT2D eigenvalue weighted by molar-refractivity contribution is 0.0738. The van der Waals surface area contributed by atoms with Gasteiger partial charge < -0.3 is 15.1 Å². The molecule has 1 heterocycles. The van der Waals surface area contributed by atoms with Crippen LogP contribution in [0.25, 0.3) is 0 Å². The zero-order valence-electron chi connectivity index (χ0n) is 10.9. The van der Waals surface area contributed by atoms with Crippen molar-refractivity contribution in [3.8, 4) is 0 Å². The zero-order chi connectivity index (χ0) is 12.1. The van der Waals surface area contributed by atoms with Crippen molar-refractivity contribution < 1.29 is 10.2 Å². The molecule has 2 fully saturated rings. The first-order valence-corrected chi connectivity index (χ1v) is 7.36. The minimum atomic E-state index is -0.0435. The number of rotatable bonds is 6. The van der Waals surface area contributed by atoms with E-state index in [1.54, 1.807) is 0 Å². The molecule has 1 aliphatic carbocycles. The van der Waals surface area contributed by atoms with E-state index in [0.29, 0.717) is 18.6 Å². The van der Waals surface area contributed by atoms with Crippen molar-refractivity contribution in [2.75, 3.05) is 19.7 Å². The smallest absolute Gasteiger partial charge is 0.0583 e. The van der Waals surface area contributed by atoms with E-state index in [2.05, 4.69) is 4.90 Å². The van der Waals surface area contributed by atoms with Gasteiger partial charge in [0.1, 0.15) is 0 Å². The van der Waals surface area contributed by atoms with Gasteiger partial charge in [-0.05, 0) is 58.0 Å². The van der Waals surface area contributed by atoms with Gasteiger partial charge in [0.25, 0.3) is 0 Å². The summed E-state index contributed by atoms with van der Waals surface area (Å²) in [6, 6.07) is 0.640. The lowest BCUT2D eigenvalue weighted by atomic mass is 9.94. The molecule has 0 spiro atoms. The van der Waals surface area contributed by atoms with Crippen LogP contribution >= 0.6 is 0 Å². The van der Waals surface area contributed by atoms with Crippen LogP contribution in [0.1, 0.15) is 51.4 Å². The molecule has 2 rings (SSSR count). The number of hydrogen-bond acceptors (Lipinski definition) is 3. The predicted molar refractivity (Wildman–Crippen MR) is 68.9 cm³/mol. The van der Waals surface area contributed by atoms with Crippen LogP contribution in [0.15, 0.2) is 0 Å². The van der Waals surface area contributed by atoms with Gasteiger partial charge in [0.2, 0.25) is 0 Å². The fraction of sp³-hybridized carbons (Fsp3) is 1.00. The first kappa shape index (κ1) is 13.3. The molecular formula is C14H27NO2. The average Bonchev–Trinajstić information content (AvgIpc) is 2.93. The Bertz CT molecular complexity index is 222. The summed E-state index contributed by atoms with van der Waals surface area (Å²) in [6.45, 7) is 2.70. The molecule has 3 nitrogen and oxygen atoms in total. The molecule has 0 aromatic rings. The summed E-state index contributed by atoms with van der Waals surface area (Å²) < 4.78 is 0. The maximum atomic E-state index is 10.0. The van der Waals surface area contributed by atoms with Crippen molar-refractivity contribution in [1.29, 1.82) is 0 Å². The highest BCUT2D eigenvalue weighted by molar-refractivity contribution is 4.91. The van der Waals surface area contributed by atoms with Gasteiger partial charge in [0.05, 0.1) is 6.10 Å². The van der Waals surface area contributed by atoms with E-state index < -0.39 is 0 Å². The van der Waals surface area contributed by atoms with Crippen molar-refractivity contribution in [2.24, 2.45) is 5.92 Å². The molecule has 2 aliphatic rings. The Morgan fingerprint density at radius 3 is 2.59 bits per heavy atom. The molecule has 3 atom stereocenters. The molecule has 1 saturated heterocycles. The second kappa shape index (κ2) is 6.72. The van der Waals surface area contributed by atoms with E-state index in [0.717, 1.165) is 25.8 Å². The molecule has 0 amide bonds. The van der Waals surface area contributed by atoms with Crippen molar-refractivity contribution in [1.82, 2.24) is 4.90 Å². The molecule has 0 aromatic carbocycles. The van der Waals surface area contributed by atoms with Gasteiger partial charge in [-0.2, -0.15) is 0 Å². The Kier molecular flexibility index (Phi) is 5.26. The third-order valence-electron chi connectivity index (χ3n) is 4.54. The van der Waals surface area contributed by atoms with E-state index in [1.807, 2.05) is 0 Å². The standard InChI is InChI=1S/C14H27NO2/c16-11-3-1-2-9-15-10-5-7-13(15)12-6-4-8-14(12)17/h12-14,16-17H,1-11H2. The summed E-state index contributed by atoms with van der Waals surface area (Å²) >= 11 is 0. The molecular weight excluding hydrogens is 214 g/mol. The van der Waals surface area contributed by atoms with Crippen molar-refractivity contribution in [3.05, 3.63) is 0 Å². The molecule has 0 aromatic heterocycles. The van der Waals surface area contributed by atoms with Crippen LogP contribution in [-0.2, 0) is 0 Å². The van der Waals surface area contributed by atoms with E-state index >= 15 is 0 Å². The summed E-state index contributed by atoms with van der Waals surface area (Å²) in [6.07, 6.45) is 9.24. The fourth-order valence-electron chi connectivity index (χ4n) is 3.64. The first-order chi connectivity index (χ1) is 8.33. The third-order valence-corrected chi connectivity index (χ3v) is 4.54. The van der Waals surface area contributed by atoms with Crippen LogP contribution in [-0.4, -0.2) is 47.0 Å². The highest BCUT2D eigenvalue weighted by Gasteiger charge is 2.37. The largest absolute Gasteiger partial charge is 0.396 e. The zero-order valence-corrected chi connectivity index (χ0v) is 10.9. The van der Waals surface area contributed by atoms with Gasteiger partial charge in [0, 0.05) is 18.6 Å². The van der Waals surface area contributed by atoms with Crippen molar-refractivity contribution >= 4 is 0 Å². The minimum Gasteiger partial charge on any atom is -0.396 e. The molecule has 17 heavy (non-hydrogen) atoms. The minimum absolute atomic E-state index is 0.0435. The van der Waals surface area contributed by atoms with E-state index in [-0.39, 0.29) is 6.10 Å². The lowest BCUT2D eigenvalue weighted by Gasteiger charge is -2.31. The SMILES string of the molecule is OCCCCCN1CCCC1C1CCCC1O. The number of nitrogens with zero attached hydrogens (tertiary/aromatic N) is 1. The molecule has 1 aliphatic heterocycles. The Balaban J connectivity index is 1.76. The molecule has 2 N–H and O–H groups in total. The number of likely N-dealkylation sites (tertiary alicyclic amines) is 1.